The number of halogens is 1. The Hall–Kier alpha value is -2.85. The zero-order valence-corrected chi connectivity index (χ0v) is 18.4. The molecule has 6 nitrogen and oxygen atoms in total. The van der Waals surface area contributed by atoms with E-state index in [2.05, 4.69) is 22.6 Å². The van der Waals surface area contributed by atoms with Crippen LogP contribution in [0.25, 0.3) is 6.08 Å². The normalized spacial score (nSPS) is 15.1. The van der Waals surface area contributed by atoms with E-state index in [1.165, 1.54) is 17.2 Å². The van der Waals surface area contributed by atoms with Crippen LogP contribution in [0.4, 0.5) is 4.79 Å². The van der Waals surface area contributed by atoms with Crippen LogP contribution in [0.5, 0.6) is 5.75 Å². The summed E-state index contributed by atoms with van der Waals surface area (Å²) in [6.07, 6.45) is 3.00. The molecule has 0 bridgehead atoms. The predicted molar refractivity (Wildman–Crippen MR) is 121 cm³/mol. The van der Waals surface area contributed by atoms with Gasteiger partial charge in [-0.05, 0) is 88.0 Å². The number of hydrogen-bond donors (Lipinski definition) is 0. The smallest absolute Gasteiger partial charge is 0.379 e. The van der Waals surface area contributed by atoms with E-state index < -0.39 is 5.97 Å². The lowest BCUT2D eigenvalue weighted by atomic mass is 10.2. The molecule has 0 N–H and O–H groups in total. The largest absolute Gasteiger partial charge is 0.457 e. The van der Waals surface area contributed by atoms with Crippen molar-refractivity contribution in [1.82, 2.24) is 4.90 Å². The Morgan fingerprint density at radius 3 is 2.63 bits per heavy atom. The fourth-order valence-electron chi connectivity index (χ4n) is 2.78. The van der Waals surface area contributed by atoms with Gasteiger partial charge in [0, 0.05) is 3.57 Å². The topological polar surface area (TPSA) is 76.8 Å². The van der Waals surface area contributed by atoms with Crippen molar-refractivity contribution in [3.63, 3.8) is 0 Å². The fourth-order valence-corrected chi connectivity index (χ4v) is 3.98. The van der Waals surface area contributed by atoms with Gasteiger partial charge in [-0.1, -0.05) is 24.3 Å². The van der Waals surface area contributed by atoms with E-state index in [0.717, 1.165) is 20.9 Å². The molecule has 0 unspecified atom stereocenters. The first-order valence-corrected chi connectivity index (χ1v) is 10.7. The van der Waals surface area contributed by atoms with E-state index in [1.54, 1.807) is 36.4 Å². The van der Waals surface area contributed by atoms with Crippen molar-refractivity contribution in [1.29, 1.82) is 0 Å². The van der Waals surface area contributed by atoms with Crippen LogP contribution in [0.1, 0.15) is 21.7 Å². The van der Waals surface area contributed by atoms with Crippen molar-refractivity contribution >= 4 is 57.5 Å². The minimum absolute atomic E-state index is 0.0946. The van der Waals surface area contributed by atoms with E-state index in [9.17, 15) is 14.4 Å². The van der Waals surface area contributed by atoms with Crippen LogP contribution in [-0.2, 0) is 11.3 Å². The molecule has 0 radical (unpaired) electrons. The summed E-state index contributed by atoms with van der Waals surface area (Å²) in [5, 5.41) is -0.315. The molecule has 0 aliphatic carbocycles. The molecule has 3 aromatic rings. The first-order valence-electron chi connectivity index (χ1n) is 8.85. The molecule has 2 amide bonds. The third kappa shape index (κ3) is 4.65. The lowest BCUT2D eigenvalue weighted by Crippen LogP contribution is -2.27. The summed E-state index contributed by atoms with van der Waals surface area (Å²) in [6, 6.07) is 17.5. The predicted octanol–water partition coefficient (Wildman–Crippen LogP) is 5.34. The Labute approximate surface area is 190 Å². The van der Waals surface area contributed by atoms with Crippen molar-refractivity contribution in [3.8, 4) is 5.75 Å². The number of amides is 2. The number of rotatable bonds is 5. The van der Waals surface area contributed by atoms with E-state index in [4.69, 9.17) is 9.15 Å². The standard InChI is InChI=1S/C22H14INO5S/c23-16-8-6-14(7-9-16)13-24-20(25)19(30-22(24)27)12-15-3-1-4-17(11-15)29-21(26)18-5-2-10-28-18/h1-12H,13H2/b19-12-. The van der Waals surface area contributed by atoms with Crippen molar-refractivity contribution in [2.24, 2.45) is 0 Å². The number of esters is 1. The molecular formula is C22H14INO5S. The van der Waals surface area contributed by atoms with Gasteiger partial charge in [0.05, 0.1) is 17.7 Å². The van der Waals surface area contributed by atoms with Gasteiger partial charge >= 0.3 is 5.97 Å². The highest BCUT2D eigenvalue weighted by molar-refractivity contribution is 14.1. The Bertz CT molecular complexity index is 1140. The minimum atomic E-state index is -0.616. The van der Waals surface area contributed by atoms with Crippen molar-refractivity contribution in [3.05, 3.63) is 92.3 Å². The van der Waals surface area contributed by atoms with E-state index >= 15 is 0 Å². The van der Waals surface area contributed by atoms with Gasteiger partial charge in [-0.2, -0.15) is 0 Å². The molecule has 1 saturated heterocycles. The summed E-state index contributed by atoms with van der Waals surface area (Å²) in [7, 11) is 0. The number of ether oxygens (including phenoxy) is 1. The highest BCUT2D eigenvalue weighted by atomic mass is 127. The summed E-state index contributed by atoms with van der Waals surface area (Å²) in [4.78, 5) is 38.6. The molecule has 8 heteroatoms. The SMILES string of the molecule is O=C(Oc1cccc(/C=C2\SC(=O)N(Cc3ccc(I)cc3)C2=O)c1)c1ccco1. The van der Waals surface area contributed by atoms with Gasteiger partial charge in [-0.3, -0.25) is 14.5 Å². The third-order valence-corrected chi connectivity index (χ3v) is 5.84. The molecule has 2 aromatic carbocycles. The van der Waals surface area contributed by atoms with Crippen LogP contribution in [-0.4, -0.2) is 22.0 Å². The minimum Gasteiger partial charge on any atom is -0.457 e. The number of benzene rings is 2. The second-order valence-corrected chi connectivity index (χ2v) is 8.57. The van der Waals surface area contributed by atoms with Crippen molar-refractivity contribution in [2.45, 2.75) is 6.54 Å². The lowest BCUT2D eigenvalue weighted by Gasteiger charge is -2.12. The quantitative estimate of drug-likeness (QED) is 0.192. The number of nitrogens with zero attached hydrogens (tertiary/aromatic N) is 1. The number of hydrogen-bond acceptors (Lipinski definition) is 6. The monoisotopic (exact) mass is 531 g/mol. The van der Waals surface area contributed by atoms with Crippen molar-refractivity contribution < 1.29 is 23.5 Å². The first kappa shape index (κ1) is 20.4. The molecule has 4 rings (SSSR count). The fraction of sp³-hybridized carbons (Fsp3) is 0.0455. The lowest BCUT2D eigenvalue weighted by molar-refractivity contribution is -0.123. The van der Waals surface area contributed by atoms with Gasteiger partial charge in [0.2, 0.25) is 5.76 Å². The molecule has 30 heavy (non-hydrogen) atoms. The van der Waals surface area contributed by atoms with E-state index in [1.807, 2.05) is 24.3 Å². The molecule has 0 spiro atoms. The molecule has 1 aromatic heterocycles. The summed E-state index contributed by atoms with van der Waals surface area (Å²) in [6.45, 7) is 0.222. The number of carbonyl (C=O) groups is 3. The highest BCUT2D eigenvalue weighted by Gasteiger charge is 2.35. The second-order valence-electron chi connectivity index (χ2n) is 6.33. The highest BCUT2D eigenvalue weighted by Crippen LogP contribution is 2.33. The number of thioether (sulfide) groups is 1. The van der Waals surface area contributed by atoms with Crippen LogP contribution in [0.3, 0.4) is 0 Å². The maximum absolute atomic E-state index is 12.7. The van der Waals surface area contributed by atoms with Gasteiger partial charge in [-0.15, -0.1) is 0 Å². The zero-order valence-electron chi connectivity index (χ0n) is 15.4. The zero-order chi connectivity index (χ0) is 21.1. The maximum atomic E-state index is 12.7. The van der Waals surface area contributed by atoms with Gasteiger partial charge in [0.1, 0.15) is 5.75 Å². The Morgan fingerprint density at radius 2 is 1.90 bits per heavy atom. The molecule has 1 fully saturated rings. The first-order chi connectivity index (χ1) is 14.5. The van der Waals surface area contributed by atoms with Gasteiger partial charge in [-0.25, -0.2) is 4.79 Å². The Kier molecular flexibility index (Phi) is 6.05. The average Bonchev–Trinajstić information content (AvgIpc) is 3.35. The molecule has 1 aliphatic heterocycles. The molecule has 1 aliphatic rings. The summed E-state index contributed by atoms with van der Waals surface area (Å²) in [5.41, 5.74) is 1.52. The molecule has 2 heterocycles. The molecule has 0 atom stereocenters. The van der Waals surface area contributed by atoms with Crippen LogP contribution in [0.15, 0.2) is 76.2 Å². The van der Waals surface area contributed by atoms with Crippen LogP contribution in [0, 0.1) is 3.57 Å². The molecule has 0 saturated carbocycles. The Morgan fingerprint density at radius 1 is 1.10 bits per heavy atom. The summed E-state index contributed by atoms with van der Waals surface area (Å²) >= 11 is 3.09. The maximum Gasteiger partial charge on any atom is 0.379 e. The molecule has 150 valence electrons. The van der Waals surface area contributed by atoms with E-state index in [0.29, 0.717) is 16.2 Å². The molecular weight excluding hydrogens is 517 g/mol. The third-order valence-electron chi connectivity index (χ3n) is 4.22. The summed E-state index contributed by atoms with van der Waals surface area (Å²) in [5.74, 6) is -0.558. The van der Waals surface area contributed by atoms with Gasteiger partial charge in [0.15, 0.2) is 0 Å². The van der Waals surface area contributed by atoms with Crippen LogP contribution < -0.4 is 4.74 Å². The average molecular weight is 531 g/mol. The summed E-state index contributed by atoms with van der Waals surface area (Å²) < 4.78 is 11.4. The number of imide groups is 1. The Balaban J connectivity index is 1.49. The van der Waals surface area contributed by atoms with Crippen LogP contribution in [0.2, 0.25) is 0 Å². The van der Waals surface area contributed by atoms with Crippen molar-refractivity contribution in [2.75, 3.05) is 0 Å². The van der Waals surface area contributed by atoms with Crippen LogP contribution >= 0.6 is 34.4 Å². The number of carbonyl (C=O) groups excluding carboxylic acids is 3. The van der Waals surface area contributed by atoms with Gasteiger partial charge < -0.3 is 9.15 Å². The van der Waals surface area contributed by atoms with E-state index in [-0.39, 0.29) is 23.5 Å². The number of furan rings is 1. The second kappa shape index (κ2) is 8.88. The van der Waals surface area contributed by atoms with Gasteiger partial charge in [0.25, 0.3) is 11.1 Å².